The molecule has 2 aromatic rings. The van der Waals surface area contributed by atoms with Gasteiger partial charge in [0.2, 0.25) is 12.1 Å². The van der Waals surface area contributed by atoms with Gasteiger partial charge in [0.25, 0.3) is 0 Å². The first kappa shape index (κ1) is 20.5. The van der Waals surface area contributed by atoms with E-state index in [4.69, 9.17) is 0 Å². The highest BCUT2D eigenvalue weighted by Gasteiger charge is 2.07. The van der Waals surface area contributed by atoms with Crippen LogP contribution in [0.1, 0.15) is 84.0 Å². The monoisotopic (exact) mass is 357 g/mol. The lowest BCUT2D eigenvalue weighted by molar-refractivity contribution is -0.696. The lowest BCUT2D eigenvalue weighted by atomic mass is 10.1. The molecule has 0 amide bonds. The Bertz CT molecular complexity index is 609. The zero-order chi connectivity index (χ0) is 18.5. The summed E-state index contributed by atoms with van der Waals surface area (Å²) in [5.41, 5.74) is 0. The second kappa shape index (κ2) is 12.5. The molecule has 2 rings (SSSR count). The molecule has 0 fully saturated rings. The van der Waals surface area contributed by atoms with Gasteiger partial charge in [0.15, 0.2) is 0 Å². The van der Waals surface area contributed by atoms with Gasteiger partial charge < -0.3 is 5.11 Å². The van der Waals surface area contributed by atoms with Crippen LogP contribution in [0.2, 0.25) is 0 Å². The second-order valence-corrected chi connectivity index (χ2v) is 7.27. The number of nitrogens with zero attached hydrogens (tertiary/aromatic N) is 3. The lowest BCUT2D eigenvalue weighted by Crippen LogP contribution is -2.30. The average Bonchev–Trinajstić information content (AvgIpc) is 3.11. The first-order valence-electron chi connectivity index (χ1n) is 10.5. The summed E-state index contributed by atoms with van der Waals surface area (Å²) in [6, 6.07) is 3.23. The van der Waals surface area contributed by atoms with Crippen LogP contribution in [0.3, 0.4) is 0 Å². The Morgan fingerprint density at radius 3 is 2.15 bits per heavy atom. The molecule has 144 valence electrons. The molecular formula is C22H35N3O. The number of aryl methyl sites for hydroxylation is 1. The van der Waals surface area contributed by atoms with E-state index in [1.54, 1.807) is 18.3 Å². The van der Waals surface area contributed by atoms with Crippen LogP contribution in [0.15, 0.2) is 37.1 Å². The summed E-state index contributed by atoms with van der Waals surface area (Å²) in [7, 11) is 0. The molecule has 0 N–H and O–H groups in total. The summed E-state index contributed by atoms with van der Waals surface area (Å²) in [6.07, 6.45) is 24.0. The number of imidazole rings is 1. The number of pyridine rings is 1. The molecule has 0 unspecified atom stereocenters. The van der Waals surface area contributed by atoms with Crippen molar-refractivity contribution in [3.63, 3.8) is 0 Å². The summed E-state index contributed by atoms with van der Waals surface area (Å²) >= 11 is 0. The van der Waals surface area contributed by atoms with Gasteiger partial charge in [-0.05, 0) is 24.7 Å². The number of hydrogen-bond acceptors (Lipinski definition) is 2. The third-order valence-corrected chi connectivity index (χ3v) is 4.96. The summed E-state index contributed by atoms with van der Waals surface area (Å²) in [4.78, 5) is 4.16. The Kier molecular flexibility index (Phi) is 9.84. The van der Waals surface area contributed by atoms with Crippen molar-refractivity contribution in [2.45, 2.75) is 90.5 Å². The van der Waals surface area contributed by atoms with Gasteiger partial charge in [-0.3, -0.25) is 0 Å². The molecule has 2 heterocycles. The minimum absolute atomic E-state index is 0.0411. The Balaban J connectivity index is 1.50. The van der Waals surface area contributed by atoms with Gasteiger partial charge in [-0.25, -0.2) is 9.55 Å². The van der Waals surface area contributed by atoms with E-state index in [1.807, 2.05) is 23.3 Å². The maximum Gasteiger partial charge on any atom is 0.250 e. The van der Waals surface area contributed by atoms with Crippen LogP contribution in [0, 0.1) is 0 Å². The van der Waals surface area contributed by atoms with Crippen molar-refractivity contribution >= 4 is 0 Å². The molecule has 0 saturated heterocycles. The van der Waals surface area contributed by atoms with Gasteiger partial charge in [0, 0.05) is 6.20 Å². The first-order chi connectivity index (χ1) is 12.8. The van der Waals surface area contributed by atoms with E-state index in [1.165, 1.54) is 77.0 Å². The van der Waals surface area contributed by atoms with Crippen molar-refractivity contribution in [2.75, 3.05) is 0 Å². The van der Waals surface area contributed by atoms with Gasteiger partial charge in [-0.2, -0.15) is 4.57 Å². The second-order valence-electron chi connectivity index (χ2n) is 7.27. The third kappa shape index (κ3) is 7.59. The Labute approximate surface area is 158 Å². The zero-order valence-corrected chi connectivity index (χ0v) is 16.4. The van der Waals surface area contributed by atoms with Crippen LogP contribution in [-0.2, 0) is 6.54 Å². The topological polar surface area (TPSA) is 44.8 Å². The van der Waals surface area contributed by atoms with E-state index in [-0.39, 0.29) is 5.75 Å². The van der Waals surface area contributed by atoms with Crippen molar-refractivity contribution in [3.05, 3.63) is 37.1 Å². The van der Waals surface area contributed by atoms with E-state index < -0.39 is 0 Å². The maximum absolute atomic E-state index is 11.8. The number of rotatable bonds is 14. The Morgan fingerprint density at radius 1 is 0.923 bits per heavy atom. The largest absolute Gasteiger partial charge is 0.868 e. The van der Waals surface area contributed by atoms with Gasteiger partial charge >= 0.3 is 0 Å². The van der Waals surface area contributed by atoms with Gasteiger partial charge in [-0.1, -0.05) is 77.2 Å². The molecule has 4 nitrogen and oxygen atoms in total. The highest BCUT2D eigenvalue weighted by molar-refractivity contribution is 5.36. The van der Waals surface area contributed by atoms with Gasteiger partial charge in [0.05, 0.1) is 6.54 Å². The van der Waals surface area contributed by atoms with Gasteiger partial charge in [0.1, 0.15) is 12.4 Å². The number of aromatic nitrogens is 3. The normalized spacial score (nSPS) is 11.1. The molecule has 4 heteroatoms. The van der Waals surface area contributed by atoms with Crippen molar-refractivity contribution in [1.29, 1.82) is 0 Å². The molecule has 0 radical (unpaired) electrons. The van der Waals surface area contributed by atoms with Crippen molar-refractivity contribution in [3.8, 4) is 11.6 Å². The van der Waals surface area contributed by atoms with Crippen molar-refractivity contribution in [1.82, 2.24) is 9.55 Å². The molecule has 0 aromatic carbocycles. The summed E-state index contributed by atoms with van der Waals surface area (Å²) in [5.74, 6) is 0.432. The quantitative estimate of drug-likeness (QED) is 0.355. The van der Waals surface area contributed by atoms with E-state index in [9.17, 15) is 5.11 Å². The van der Waals surface area contributed by atoms with Gasteiger partial charge in [-0.15, -0.1) is 0 Å². The molecule has 0 aliphatic rings. The SMILES string of the molecule is CCCCCCCCCCCCCC[n+]1ccn(-c2ncccc2[O-])c1. The Morgan fingerprint density at radius 2 is 1.54 bits per heavy atom. The molecule has 0 spiro atoms. The van der Waals surface area contributed by atoms with Crippen LogP contribution < -0.4 is 9.67 Å². The first-order valence-corrected chi connectivity index (χ1v) is 10.5. The smallest absolute Gasteiger partial charge is 0.250 e. The fourth-order valence-corrected chi connectivity index (χ4v) is 3.36. The Hall–Kier alpha value is -1.84. The minimum atomic E-state index is -0.0411. The molecule has 0 bridgehead atoms. The van der Waals surface area contributed by atoms with E-state index in [0.717, 1.165) is 6.54 Å². The maximum atomic E-state index is 11.8. The van der Waals surface area contributed by atoms with Crippen LogP contribution in [0.5, 0.6) is 5.75 Å². The van der Waals surface area contributed by atoms with Crippen molar-refractivity contribution < 1.29 is 9.67 Å². The van der Waals surface area contributed by atoms with E-state index in [0.29, 0.717) is 5.82 Å². The third-order valence-electron chi connectivity index (χ3n) is 4.96. The summed E-state index contributed by atoms with van der Waals surface area (Å²) < 4.78 is 3.95. The standard InChI is InChI=1S/C22H35N3O/c1-2-3-4-5-6-7-8-9-10-11-12-13-17-24-18-19-25(20-24)22-21(26)15-14-16-23-22/h14-16,18-20H,2-13,17H2,1H3. The average molecular weight is 358 g/mol. The fourth-order valence-electron chi connectivity index (χ4n) is 3.36. The predicted molar refractivity (Wildman–Crippen MR) is 104 cm³/mol. The molecule has 0 aliphatic heterocycles. The number of unbranched alkanes of at least 4 members (excludes halogenated alkanes) is 11. The highest BCUT2D eigenvalue weighted by Crippen LogP contribution is 2.14. The highest BCUT2D eigenvalue weighted by atomic mass is 16.3. The van der Waals surface area contributed by atoms with E-state index >= 15 is 0 Å². The van der Waals surface area contributed by atoms with Crippen LogP contribution >= 0.6 is 0 Å². The summed E-state index contributed by atoms with van der Waals surface area (Å²) in [5, 5.41) is 11.8. The molecular weight excluding hydrogens is 322 g/mol. The lowest BCUT2D eigenvalue weighted by Gasteiger charge is -2.06. The van der Waals surface area contributed by atoms with Crippen molar-refractivity contribution in [2.24, 2.45) is 0 Å². The van der Waals surface area contributed by atoms with Crippen LogP contribution in [0.25, 0.3) is 5.82 Å². The predicted octanol–water partition coefficient (Wildman–Crippen LogP) is 4.93. The van der Waals surface area contributed by atoms with Crippen LogP contribution in [0.4, 0.5) is 0 Å². The molecule has 0 atom stereocenters. The molecule has 26 heavy (non-hydrogen) atoms. The number of hydrogen-bond donors (Lipinski definition) is 0. The minimum Gasteiger partial charge on any atom is -0.868 e. The van der Waals surface area contributed by atoms with Crippen LogP contribution in [-0.4, -0.2) is 9.55 Å². The molecule has 0 saturated carbocycles. The van der Waals surface area contributed by atoms with E-state index in [2.05, 4.69) is 16.5 Å². The summed E-state index contributed by atoms with van der Waals surface area (Å²) in [6.45, 7) is 3.28. The molecule has 2 aromatic heterocycles. The zero-order valence-electron chi connectivity index (χ0n) is 16.4. The fraction of sp³-hybridized carbons (Fsp3) is 0.636. The molecule has 0 aliphatic carbocycles.